The molecule has 0 aliphatic heterocycles. The molecule has 1 fully saturated rings. The molecule has 144 valence electrons. The van der Waals surface area contributed by atoms with E-state index in [0.717, 1.165) is 21.1 Å². The second-order valence-corrected chi connectivity index (χ2v) is 8.38. The average Bonchev–Trinajstić information content (AvgIpc) is 3.08. The normalized spacial score (nSPS) is 20.9. The lowest BCUT2D eigenvalue weighted by Gasteiger charge is -2.32. The van der Waals surface area contributed by atoms with Crippen molar-refractivity contribution in [3.8, 4) is 10.6 Å². The van der Waals surface area contributed by atoms with E-state index in [4.69, 9.17) is 10.1 Å². The Morgan fingerprint density at radius 3 is 2.33 bits per heavy atom. The summed E-state index contributed by atoms with van der Waals surface area (Å²) in [7, 11) is 1.84. The number of thiazole rings is 1. The SMILES string of the molecule is Cc1nc(-c2ccccc2)sc1C(C)N(C)C(=O)C1CCC(C(=O)O)CC1. The van der Waals surface area contributed by atoms with Gasteiger partial charge in [-0.05, 0) is 39.5 Å². The van der Waals surface area contributed by atoms with Crippen LogP contribution in [0.3, 0.4) is 0 Å². The second kappa shape index (κ2) is 8.21. The van der Waals surface area contributed by atoms with E-state index in [-0.39, 0.29) is 23.8 Å². The fraction of sp³-hybridized carbons (Fsp3) is 0.476. The van der Waals surface area contributed by atoms with Crippen molar-refractivity contribution in [1.82, 2.24) is 9.88 Å². The second-order valence-electron chi connectivity index (χ2n) is 7.35. The molecule has 3 rings (SSSR count). The monoisotopic (exact) mass is 386 g/mol. The predicted molar refractivity (Wildman–Crippen MR) is 107 cm³/mol. The first-order chi connectivity index (χ1) is 12.9. The van der Waals surface area contributed by atoms with Crippen LogP contribution in [0, 0.1) is 18.8 Å². The van der Waals surface area contributed by atoms with Crippen molar-refractivity contribution in [3.63, 3.8) is 0 Å². The molecule has 0 radical (unpaired) electrons. The van der Waals surface area contributed by atoms with Crippen molar-refractivity contribution in [1.29, 1.82) is 0 Å². The van der Waals surface area contributed by atoms with E-state index in [0.29, 0.717) is 25.7 Å². The Bertz CT molecular complexity index is 810. The number of carboxylic acids is 1. The zero-order chi connectivity index (χ0) is 19.6. The minimum atomic E-state index is -0.739. The lowest BCUT2D eigenvalue weighted by atomic mass is 9.81. The number of carbonyl (C=O) groups is 2. The fourth-order valence-corrected chi connectivity index (χ4v) is 4.91. The number of rotatable bonds is 5. The molecule has 0 saturated heterocycles. The number of amides is 1. The highest BCUT2D eigenvalue weighted by atomic mass is 32.1. The molecule has 1 atom stereocenters. The molecule has 1 amide bonds. The van der Waals surface area contributed by atoms with E-state index >= 15 is 0 Å². The summed E-state index contributed by atoms with van der Waals surface area (Å²) in [4.78, 5) is 31.7. The summed E-state index contributed by atoms with van der Waals surface area (Å²) in [6, 6.07) is 10.0. The highest BCUT2D eigenvalue weighted by Gasteiger charge is 2.33. The zero-order valence-electron chi connectivity index (χ0n) is 16.0. The number of aliphatic carboxylic acids is 1. The third kappa shape index (κ3) is 4.21. The van der Waals surface area contributed by atoms with Crippen molar-refractivity contribution in [2.75, 3.05) is 7.05 Å². The third-order valence-corrected chi connectivity index (χ3v) is 6.96. The molecular formula is C21H26N2O3S. The highest BCUT2D eigenvalue weighted by Crippen LogP contribution is 2.36. The van der Waals surface area contributed by atoms with Crippen LogP contribution < -0.4 is 0 Å². The van der Waals surface area contributed by atoms with Gasteiger partial charge in [-0.2, -0.15) is 0 Å². The molecule has 0 bridgehead atoms. The van der Waals surface area contributed by atoms with Gasteiger partial charge in [0.25, 0.3) is 0 Å². The largest absolute Gasteiger partial charge is 0.481 e. The quantitative estimate of drug-likeness (QED) is 0.820. The van der Waals surface area contributed by atoms with Crippen LogP contribution in [-0.2, 0) is 9.59 Å². The Morgan fingerprint density at radius 1 is 1.15 bits per heavy atom. The lowest BCUT2D eigenvalue weighted by Crippen LogP contribution is -2.37. The maximum atomic E-state index is 12.9. The Labute approximate surface area is 164 Å². The molecule has 1 aliphatic rings. The number of benzene rings is 1. The molecule has 1 N–H and O–H groups in total. The molecule has 1 aromatic heterocycles. The van der Waals surface area contributed by atoms with Crippen molar-refractivity contribution in [3.05, 3.63) is 40.9 Å². The standard InChI is InChI=1S/C21H26N2O3S/c1-13-18(27-19(22-13)15-7-5-4-6-8-15)14(2)23(3)20(24)16-9-11-17(12-10-16)21(25)26/h4-8,14,16-17H,9-12H2,1-3H3,(H,25,26). The van der Waals surface area contributed by atoms with Crippen LogP contribution in [0.25, 0.3) is 10.6 Å². The number of aryl methyl sites for hydroxylation is 1. The van der Waals surface area contributed by atoms with Crippen molar-refractivity contribution >= 4 is 23.2 Å². The van der Waals surface area contributed by atoms with Gasteiger partial charge in [-0.15, -0.1) is 11.3 Å². The van der Waals surface area contributed by atoms with Crippen LogP contribution >= 0.6 is 11.3 Å². The summed E-state index contributed by atoms with van der Waals surface area (Å²) < 4.78 is 0. The Hall–Kier alpha value is -2.21. The van der Waals surface area contributed by atoms with Crippen LogP contribution in [0.2, 0.25) is 0 Å². The van der Waals surface area contributed by atoms with Crippen LogP contribution in [0.5, 0.6) is 0 Å². The van der Waals surface area contributed by atoms with Crippen LogP contribution in [0.15, 0.2) is 30.3 Å². The number of nitrogens with zero attached hydrogens (tertiary/aromatic N) is 2. The van der Waals surface area contributed by atoms with Gasteiger partial charge in [0.05, 0.1) is 22.5 Å². The minimum Gasteiger partial charge on any atom is -0.481 e. The lowest BCUT2D eigenvalue weighted by molar-refractivity contribution is -0.145. The van der Waals surface area contributed by atoms with E-state index < -0.39 is 5.97 Å². The first kappa shape index (κ1) is 19.5. The molecule has 0 spiro atoms. The van der Waals surface area contributed by atoms with Gasteiger partial charge >= 0.3 is 5.97 Å². The maximum absolute atomic E-state index is 12.9. The third-order valence-electron chi connectivity index (χ3n) is 5.59. The van der Waals surface area contributed by atoms with Gasteiger partial charge in [0, 0.05) is 18.5 Å². The van der Waals surface area contributed by atoms with Gasteiger partial charge in [-0.25, -0.2) is 4.98 Å². The minimum absolute atomic E-state index is 0.0512. The van der Waals surface area contributed by atoms with Crippen LogP contribution in [0.1, 0.15) is 49.2 Å². The summed E-state index contributed by atoms with van der Waals surface area (Å²) >= 11 is 1.63. The molecule has 6 heteroatoms. The number of carboxylic acid groups (broad SMARTS) is 1. The van der Waals surface area contributed by atoms with E-state index in [2.05, 4.69) is 0 Å². The molecule has 2 aromatic rings. The summed E-state index contributed by atoms with van der Waals surface area (Å²) in [5.41, 5.74) is 2.05. The number of hydrogen-bond donors (Lipinski definition) is 1. The number of carbonyl (C=O) groups excluding carboxylic acids is 1. The highest BCUT2D eigenvalue weighted by molar-refractivity contribution is 7.15. The molecule has 1 heterocycles. The van der Waals surface area contributed by atoms with Gasteiger partial charge in [-0.3, -0.25) is 9.59 Å². The van der Waals surface area contributed by atoms with E-state index in [1.165, 1.54) is 0 Å². The van der Waals surface area contributed by atoms with E-state index in [1.807, 2.05) is 51.2 Å². The smallest absolute Gasteiger partial charge is 0.306 e. The Balaban J connectivity index is 1.70. The summed E-state index contributed by atoms with van der Waals surface area (Å²) in [6.45, 7) is 4.03. The Morgan fingerprint density at radius 2 is 1.74 bits per heavy atom. The van der Waals surface area contributed by atoms with Crippen molar-refractivity contribution < 1.29 is 14.7 Å². The van der Waals surface area contributed by atoms with Gasteiger partial charge in [-0.1, -0.05) is 30.3 Å². The van der Waals surface area contributed by atoms with Gasteiger partial charge < -0.3 is 10.0 Å². The first-order valence-corrected chi connectivity index (χ1v) is 10.2. The van der Waals surface area contributed by atoms with Gasteiger partial charge in [0.15, 0.2) is 0 Å². The van der Waals surface area contributed by atoms with Crippen molar-refractivity contribution in [2.45, 2.75) is 45.6 Å². The van der Waals surface area contributed by atoms with E-state index in [1.54, 1.807) is 16.2 Å². The van der Waals surface area contributed by atoms with Gasteiger partial charge in [0.2, 0.25) is 5.91 Å². The topological polar surface area (TPSA) is 70.5 Å². The zero-order valence-corrected chi connectivity index (χ0v) is 16.8. The summed E-state index contributed by atoms with van der Waals surface area (Å²) in [6.07, 6.45) is 2.49. The maximum Gasteiger partial charge on any atom is 0.306 e. The Kier molecular flexibility index (Phi) is 5.95. The number of hydrogen-bond acceptors (Lipinski definition) is 4. The number of aromatic nitrogens is 1. The van der Waals surface area contributed by atoms with Crippen LogP contribution in [0.4, 0.5) is 0 Å². The van der Waals surface area contributed by atoms with Crippen molar-refractivity contribution in [2.24, 2.45) is 11.8 Å². The molecule has 1 aromatic carbocycles. The van der Waals surface area contributed by atoms with Gasteiger partial charge in [0.1, 0.15) is 5.01 Å². The first-order valence-electron chi connectivity index (χ1n) is 9.40. The molecule has 1 unspecified atom stereocenters. The summed E-state index contributed by atoms with van der Waals surface area (Å²) in [5.74, 6) is -0.999. The summed E-state index contributed by atoms with van der Waals surface area (Å²) in [5, 5.41) is 10.1. The molecule has 1 saturated carbocycles. The molecule has 27 heavy (non-hydrogen) atoms. The average molecular weight is 387 g/mol. The van der Waals surface area contributed by atoms with E-state index in [9.17, 15) is 9.59 Å². The fourth-order valence-electron chi connectivity index (χ4n) is 3.74. The molecule has 1 aliphatic carbocycles. The van der Waals surface area contributed by atoms with Crippen LogP contribution in [-0.4, -0.2) is 33.9 Å². The predicted octanol–water partition coefficient (Wildman–Crippen LogP) is 4.53. The molecular weight excluding hydrogens is 360 g/mol. The molecule has 5 nitrogen and oxygen atoms in total.